The SMILES string of the molecule is CCCCCCCCCCCCCCCCCCC(CCCCCCCCCCCCCCCCCC)C(C)(CC)n1ccnc1. The molecule has 1 heterocycles. The van der Waals surface area contributed by atoms with E-state index in [0.717, 1.165) is 5.92 Å². The Morgan fingerprint density at radius 1 is 0.435 bits per heavy atom. The molecule has 0 saturated heterocycles. The van der Waals surface area contributed by atoms with E-state index < -0.39 is 0 Å². The molecular weight excluding hydrogens is 556 g/mol. The molecule has 1 aromatic heterocycles. The van der Waals surface area contributed by atoms with E-state index >= 15 is 0 Å². The normalized spacial score (nSPS) is 13.2. The van der Waals surface area contributed by atoms with Crippen LogP contribution in [0.3, 0.4) is 0 Å². The third-order valence-corrected chi connectivity index (χ3v) is 11.5. The zero-order valence-electron chi connectivity index (χ0n) is 32.5. The van der Waals surface area contributed by atoms with Crippen molar-refractivity contribution in [2.75, 3.05) is 0 Å². The molecule has 0 aromatic carbocycles. The van der Waals surface area contributed by atoms with E-state index in [2.05, 4.69) is 49.8 Å². The summed E-state index contributed by atoms with van der Waals surface area (Å²) < 4.78 is 2.44. The number of hydrogen-bond acceptors (Lipinski definition) is 1. The first-order valence-corrected chi connectivity index (χ1v) is 21.7. The van der Waals surface area contributed by atoms with Gasteiger partial charge in [-0.1, -0.05) is 226 Å². The molecule has 0 spiro atoms. The van der Waals surface area contributed by atoms with Crippen LogP contribution in [0, 0.1) is 5.92 Å². The highest BCUT2D eigenvalue weighted by Gasteiger charge is 2.33. The molecule has 0 aliphatic rings. The molecule has 0 bridgehead atoms. The summed E-state index contributed by atoms with van der Waals surface area (Å²) in [6.07, 6.45) is 56.7. The summed E-state index contributed by atoms with van der Waals surface area (Å²) in [7, 11) is 0. The Bertz CT molecular complexity index is 661. The zero-order valence-corrected chi connectivity index (χ0v) is 32.5. The van der Waals surface area contributed by atoms with Gasteiger partial charge in [0.1, 0.15) is 0 Å². The smallest absolute Gasteiger partial charge is 0.0951 e. The second-order valence-electron chi connectivity index (χ2n) is 15.6. The maximum absolute atomic E-state index is 4.44. The summed E-state index contributed by atoms with van der Waals surface area (Å²) in [5, 5.41) is 0. The average molecular weight is 643 g/mol. The number of aromatic nitrogens is 2. The lowest BCUT2D eigenvalue weighted by Gasteiger charge is -2.39. The molecule has 2 nitrogen and oxygen atoms in total. The number of unbranched alkanes of at least 4 members (excludes halogenated alkanes) is 30. The van der Waals surface area contributed by atoms with Gasteiger partial charge in [0.25, 0.3) is 0 Å². The molecule has 2 heteroatoms. The fourth-order valence-electron chi connectivity index (χ4n) is 7.89. The summed E-state index contributed by atoms with van der Waals surface area (Å²) in [4.78, 5) is 4.44. The van der Waals surface area contributed by atoms with Crippen LogP contribution in [0.2, 0.25) is 0 Å². The Labute approximate surface area is 291 Å². The number of nitrogens with zero attached hydrogens (tertiary/aromatic N) is 2. The topological polar surface area (TPSA) is 17.8 Å². The largest absolute Gasteiger partial charge is 0.331 e. The minimum absolute atomic E-state index is 0.210. The van der Waals surface area contributed by atoms with Crippen molar-refractivity contribution < 1.29 is 0 Å². The molecule has 0 aliphatic heterocycles. The molecule has 46 heavy (non-hydrogen) atoms. The maximum atomic E-state index is 4.44. The van der Waals surface area contributed by atoms with Crippen LogP contribution in [0.15, 0.2) is 18.7 Å². The molecule has 0 aliphatic carbocycles. The molecule has 0 radical (unpaired) electrons. The third kappa shape index (κ3) is 23.5. The van der Waals surface area contributed by atoms with Crippen molar-refractivity contribution in [1.82, 2.24) is 9.55 Å². The van der Waals surface area contributed by atoms with Crippen molar-refractivity contribution in [2.45, 2.75) is 258 Å². The maximum Gasteiger partial charge on any atom is 0.0951 e. The molecular formula is C44H86N2. The van der Waals surface area contributed by atoms with Crippen LogP contribution >= 0.6 is 0 Å². The molecule has 0 fully saturated rings. The van der Waals surface area contributed by atoms with Crippen LogP contribution in [-0.4, -0.2) is 9.55 Å². The fourth-order valence-corrected chi connectivity index (χ4v) is 7.89. The van der Waals surface area contributed by atoms with Gasteiger partial charge in [-0.2, -0.15) is 0 Å². The zero-order chi connectivity index (χ0) is 33.2. The van der Waals surface area contributed by atoms with Crippen molar-refractivity contribution in [2.24, 2.45) is 5.92 Å². The van der Waals surface area contributed by atoms with E-state index in [-0.39, 0.29) is 5.54 Å². The van der Waals surface area contributed by atoms with E-state index in [9.17, 15) is 0 Å². The van der Waals surface area contributed by atoms with E-state index in [1.54, 1.807) is 0 Å². The van der Waals surface area contributed by atoms with E-state index in [4.69, 9.17) is 0 Å². The Balaban J connectivity index is 2.12. The summed E-state index contributed by atoms with van der Waals surface area (Å²) in [6.45, 7) is 9.53. The van der Waals surface area contributed by atoms with Crippen molar-refractivity contribution in [1.29, 1.82) is 0 Å². The second-order valence-corrected chi connectivity index (χ2v) is 15.6. The van der Waals surface area contributed by atoms with E-state index in [1.807, 2.05) is 6.20 Å². The molecule has 1 aromatic rings. The van der Waals surface area contributed by atoms with Crippen LogP contribution in [0.1, 0.15) is 252 Å². The van der Waals surface area contributed by atoms with Crippen LogP contribution < -0.4 is 0 Å². The van der Waals surface area contributed by atoms with Gasteiger partial charge in [0.15, 0.2) is 0 Å². The van der Waals surface area contributed by atoms with Crippen molar-refractivity contribution in [3.63, 3.8) is 0 Å². The van der Waals surface area contributed by atoms with Crippen LogP contribution in [-0.2, 0) is 5.54 Å². The molecule has 1 unspecified atom stereocenters. The lowest BCUT2D eigenvalue weighted by molar-refractivity contribution is 0.153. The van der Waals surface area contributed by atoms with Gasteiger partial charge in [-0.05, 0) is 32.1 Å². The molecule has 0 amide bonds. The van der Waals surface area contributed by atoms with Crippen molar-refractivity contribution in [3.8, 4) is 0 Å². The van der Waals surface area contributed by atoms with E-state index in [1.165, 1.54) is 225 Å². The Morgan fingerprint density at radius 3 is 0.957 bits per heavy atom. The molecule has 272 valence electrons. The molecule has 0 saturated carbocycles. The summed E-state index contributed by atoms with van der Waals surface area (Å²) in [5.41, 5.74) is 0.210. The van der Waals surface area contributed by atoms with Gasteiger partial charge in [0.2, 0.25) is 0 Å². The highest BCUT2D eigenvalue weighted by Crippen LogP contribution is 2.37. The number of rotatable bonds is 37. The van der Waals surface area contributed by atoms with Gasteiger partial charge in [0.05, 0.1) is 6.33 Å². The second kappa shape index (κ2) is 32.7. The Morgan fingerprint density at radius 2 is 0.717 bits per heavy atom. The first-order valence-electron chi connectivity index (χ1n) is 21.7. The first kappa shape index (κ1) is 43.2. The van der Waals surface area contributed by atoms with Crippen molar-refractivity contribution >= 4 is 0 Å². The highest BCUT2D eigenvalue weighted by atomic mass is 15.1. The fraction of sp³-hybridized carbons (Fsp3) is 0.932. The van der Waals surface area contributed by atoms with Gasteiger partial charge in [-0.15, -0.1) is 0 Å². The predicted molar refractivity (Wildman–Crippen MR) is 208 cm³/mol. The van der Waals surface area contributed by atoms with Crippen LogP contribution in [0.25, 0.3) is 0 Å². The van der Waals surface area contributed by atoms with Crippen LogP contribution in [0.4, 0.5) is 0 Å². The van der Waals surface area contributed by atoms with Gasteiger partial charge in [-0.25, -0.2) is 4.98 Å². The standard InChI is InChI=1S/C44H86N2/c1-5-8-10-12-14-16-18-20-22-24-26-28-30-32-34-36-38-43(44(4,7-3)46-41-40-45-42-46)39-37-35-33-31-29-27-25-23-21-19-17-15-13-11-9-6-2/h40-43H,5-39H2,1-4H3. The van der Waals surface area contributed by atoms with Gasteiger partial charge in [0, 0.05) is 17.9 Å². The minimum Gasteiger partial charge on any atom is -0.331 e. The Hall–Kier alpha value is -0.790. The quantitative estimate of drug-likeness (QED) is 0.0660. The van der Waals surface area contributed by atoms with E-state index in [0.29, 0.717) is 0 Å². The molecule has 1 atom stereocenters. The summed E-state index contributed by atoms with van der Waals surface area (Å²) in [5.74, 6) is 0.769. The van der Waals surface area contributed by atoms with Gasteiger partial charge >= 0.3 is 0 Å². The van der Waals surface area contributed by atoms with Gasteiger partial charge in [-0.3, -0.25) is 0 Å². The number of hydrogen-bond donors (Lipinski definition) is 0. The molecule has 0 N–H and O–H groups in total. The predicted octanol–water partition coefficient (Wildman–Crippen LogP) is 15.9. The lowest BCUT2D eigenvalue weighted by Crippen LogP contribution is -2.37. The third-order valence-electron chi connectivity index (χ3n) is 11.5. The minimum atomic E-state index is 0.210. The van der Waals surface area contributed by atoms with Crippen LogP contribution in [0.5, 0.6) is 0 Å². The average Bonchev–Trinajstić information content (AvgIpc) is 3.62. The number of imidazole rings is 1. The lowest BCUT2D eigenvalue weighted by atomic mass is 9.76. The molecule has 1 rings (SSSR count). The van der Waals surface area contributed by atoms with Gasteiger partial charge < -0.3 is 4.57 Å². The van der Waals surface area contributed by atoms with Crippen molar-refractivity contribution in [3.05, 3.63) is 18.7 Å². The monoisotopic (exact) mass is 643 g/mol. The Kier molecular flexibility index (Phi) is 30.8. The first-order chi connectivity index (χ1) is 22.7. The highest BCUT2D eigenvalue weighted by molar-refractivity contribution is 4.93. The summed E-state index contributed by atoms with van der Waals surface area (Å²) in [6, 6.07) is 0. The summed E-state index contributed by atoms with van der Waals surface area (Å²) >= 11 is 0.